The topological polar surface area (TPSA) is 112 Å². The number of nitrogens with zero attached hydrogens (tertiary/aromatic N) is 2. The predicted molar refractivity (Wildman–Crippen MR) is 146 cm³/mol. The lowest BCUT2D eigenvalue weighted by atomic mass is 9.85. The summed E-state index contributed by atoms with van der Waals surface area (Å²) >= 11 is 6.06. The molecule has 0 radical (unpaired) electrons. The molecule has 0 spiro atoms. The number of rotatable bonds is 5. The van der Waals surface area contributed by atoms with Crippen LogP contribution < -0.4 is 11.1 Å². The van der Waals surface area contributed by atoms with Gasteiger partial charge in [0.05, 0.1) is 12.6 Å². The van der Waals surface area contributed by atoms with E-state index in [0.717, 1.165) is 17.8 Å². The standard InChI is InChI=1S/C28H33ClF3N5O3/c1-15(28(30,31)32)10-19(29)16(2)24(39)37-13-18-12-27(37,33)14-36(18)25(40)22(26(3,4)5)35-23(38)21-11-17-8-6-7-9-20(17)34-21/h6-11,18,22,34H,12-14,33H2,1-5H3,(H,35,38)/b15-10+,19-16-/t18?,22-,27+/m1/s1. The minimum Gasteiger partial charge on any atom is -0.351 e. The highest BCUT2D eigenvalue weighted by Gasteiger charge is 2.57. The van der Waals surface area contributed by atoms with E-state index in [1.165, 1.54) is 11.8 Å². The number of para-hydroxylation sites is 1. The maximum atomic E-state index is 13.8. The fraction of sp³-hybridized carbons (Fsp3) is 0.464. The van der Waals surface area contributed by atoms with Crippen molar-refractivity contribution in [3.05, 3.63) is 58.3 Å². The average molecular weight is 580 g/mol. The van der Waals surface area contributed by atoms with Crippen LogP contribution in [0.25, 0.3) is 10.9 Å². The van der Waals surface area contributed by atoms with Gasteiger partial charge in [0.15, 0.2) is 0 Å². The number of carbonyl (C=O) groups excluding carboxylic acids is 3. The van der Waals surface area contributed by atoms with Crippen LogP contribution in [0.2, 0.25) is 0 Å². The maximum absolute atomic E-state index is 13.8. The van der Waals surface area contributed by atoms with Gasteiger partial charge in [0.2, 0.25) is 5.91 Å². The molecule has 4 N–H and O–H groups in total. The molecule has 2 aromatic rings. The Morgan fingerprint density at radius 3 is 2.40 bits per heavy atom. The van der Waals surface area contributed by atoms with Crippen LogP contribution in [0.5, 0.6) is 0 Å². The van der Waals surface area contributed by atoms with Crippen LogP contribution in [0.1, 0.15) is 51.5 Å². The van der Waals surface area contributed by atoms with Gasteiger partial charge < -0.3 is 25.8 Å². The molecule has 2 fully saturated rings. The van der Waals surface area contributed by atoms with E-state index >= 15 is 0 Å². The largest absolute Gasteiger partial charge is 0.412 e. The third kappa shape index (κ3) is 5.62. The van der Waals surface area contributed by atoms with Crippen LogP contribution in [-0.2, 0) is 9.59 Å². The van der Waals surface area contributed by atoms with Crippen molar-refractivity contribution in [1.29, 1.82) is 0 Å². The van der Waals surface area contributed by atoms with Gasteiger partial charge in [-0.3, -0.25) is 14.4 Å². The number of hydrogen-bond acceptors (Lipinski definition) is 4. The van der Waals surface area contributed by atoms with E-state index in [1.54, 1.807) is 11.0 Å². The van der Waals surface area contributed by atoms with Crippen LogP contribution in [0, 0.1) is 5.41 Å². The van der Waals surface area contributed by atoms with Crippen LogP contribution in [0.3, 0.4) is 0 Å². The minimum absolute atomic E-state index is 0.0133. The predicted octanol–water partition coefficient (Wildman–Crippen LogP) is 4.43. The number of H-pyrrole nitrogens is 1. The number of alkyl halides is 3. The Labute approximate surface area is 235 Å². The molecule has 2 aliphatic rings. The molecule has 3 atom stereocenters. The van der Waals surface area contributed by atoms with Crippen molar-refractivity contribution in [3.63, 3.8) is 0 Å². The van der Waals surface area contributed by atoms with Crippen molar-refractivity contribution < 1.29 is 27.6 Å². The number of fused-ring (bicyclic) bond motifs is 3. The second-order valence-corrected chi connectivity index (χ2v) is 12.1. The van der Waals surface area contributed by atoms with E-state index in [1.807, 2.05) is 45.0 Å². The van der Waals surface area contributed by atoms with E-state index in [4.69, 9.17) is 17.3 Å². The number of amides is 3. The van der Waals surface area contributed by atoms with E-state index < -0.39 is 46.7 Å². The number of piperazine rings is 1. The van der Waals surface area contributed by atoms with Crippen LogP contribution >= 0.6 is 11.6 Å². The van der Waals surface area contributed by atoms with E-state index in [0.29, 0.717) is 18.2 Å². The highest BCUT2D eigenvalue weighted by Crippen LogP contribution is 2.39. The zero-order valence-electron chi connectivity index (χ0n) is 22.9. The first-order chi connectivity index (χ1) is 18.4. The lowest BCUT2D eigenvalue weighted by Crippen LogP contribution is -2.64. The molecule has 40 heavy (non-hydrogen) atoms. The molecule has 1 aromatic carbocycles. The zero-order valence-corrected chi connectivity index (χ0v) is 23.7. The quantitative estimate of drug-likeness (QED) is 0.359. The summed E-state index contributed by atoms with van der Waals surface area (Å²) in [4.78, 5) is 46.1. The summed E-state index contributed by atoms with van der Waals surface area (Å²) in [6.07, 6.45) is -3.56. The number of halogens is 4. The number of allylic oxidation sites excluding steroid dienone is 3. The van der Waals surface area contributed by atoms with Gasteiger partial charge in [-0.05, 0) is 37.5 Å². The molecule has 2 saturated heterocycles. The molecule has 1 unspecified atom stereocenters. The minimum atomic E-state index is -4.57. The van der Waals surface area contributed by atoms with Crippen molar-refractivity contribution in [2.75, 3.05) is 13.1 Å². The van der Waals surface area contributed by atoms with Gasteiger partial charge in [0, 0.05) is 40.0 Å². The Balaban J connectivity index is 1.51. The van der Waals surface area contributed by atoms with Crippen molar-refractivity contribution in [2.45, 2.75) is 65.0 Å². The zero-order chi connectivity index (χ0) is 29.8. The molecule has 2 aliphatic heterocycles. The molecule has 12 heteroatoms. The first kappa shape index (κ1) is 29.7. The van der Waals surface area contributed by atoms with Crippen LogP contribution in [0.4, 0.5) is 13.2 Å². The number of likely N-dealkylation sites (tertiary alicyclic amines) is 2. The van der Waals surface area contributed by atoms with Gasteiger partial charge in [-0.2, -0.15) is 13.2 Å². The maximum Gasteiger partial charge on any atom is 0.412 e. The Bertz CT molecular complexity index is 1390. The Morgan fingerprint density at radius 1 is 1.20 bits per heavy atom. The average Bonchev–Trinajstić information content (AvgIpc) is 3.54. The number of nitrogens with one attached hydrogen (secondary N) is 2. The molecule has 8 nitrogen and oxygen atoms in total. The monoisotopic (exact) mass is 579 g/mol. The molecule has 3 heterocycles. The van der Waals surface area contributed by atoms with Crippen molar-refractivity contribution in [1.82, 2.24) is 20.1 Å². The molecule has 0 aliphatic carbocycles. The number of carbonyl (C=O) groups is 3. The van der Waals surface area contributed by atoms with Crippen molar-refractivity contribution >= 4 is 40.2 Å². The number of aromatic amines is 1. The summed E-state index contributed by atoms with van der Waals surface area (Å²) in [7, 11) is 0. The highest BCUT2D eigenvalue weighted by molar-refractivity contribution is 6.33. The lowest BCUT2D eigenvalue weighted by Gasteiger charge is -2.42. The number of hydrogen-bond donors (Lipinski definition) is 3. The normalized spacial score (nSPS) is 22.9. The second-order valence-electron chi connectivity index (χ2n) is 11.7. The summed E-state index contributed by atoms with van der Waals surface area (Å²) in [6, 6.07) is 7.86. The SMILES string of the molecule is C/C(C(=O)N1CC2C[C@@]1(N)CN2C(=O)[C@@H](NC(=O)c1cc2ccccc2[nH]1)C(C)(C)C)=C(Cl)\C=C(/C)C(F)(F)F. The van der Waals surface area contributed by atoms with Gasteiger partial charge in [-0.15, -0.1) is 0 Å². The third-order valence-corrected chi connectivity index (χ3v) is 7.96. The van der Waals surface area contributed by atoms with Crippen LogP contribution in [0.15, 0.2) is 52.6 Å². The summed E-state index contributed by atoms with van der Waals surface area (Å²) in [5, 5.41) is 3.41. The molecule has 2 bridgehead atoms. The second kappa shape index (κ2) is 10.3. The van der Waals surface area contributed by atoms with E-state index in [-0.39, 0.29) is 29.6 Å². The first-order valence-electron chi connectivity index (χ1n) is 12.8. The molecule has 3 amide bonds. The summed E-state index contributed by atoms with van der Waals surface area (Å²) < 4.78 is 38.8. The van der Waals surface area contributed by atoms with Gasteiger partial charge in [0.25, 0.3) is 11.8 Å². The number of benzene rings is 1. The summed E-state index contributed by atoms with van der Waals surface area (Å²) in [5.74, 6) is -1.34. The summed E-state index contributed by atoms with van der Waals surface area (Å²) in [6.45, 7) is 7.85. The molecular weight excluding hydrogens is 547 g/mol. The highest BCUT2D eigenvalue weighted by atomic mass is 35.5. The number of nitrogens with two attached hydrogens (primary N) is 1. The van der Waals surface area contributed by atoms with Gasteiger partial charge >= 0.3 is 6.18 Å². The lowest BCUT2D eigenvalue weighted by molar-refractivity contribution is -0.143. The fourth-order valence-corrected chi connectivity index (χ4v) is 5.45. The Kier molecular flexibility index (Phi) is 7.61. The molecule has 1 aromatic heterocycles. The van der Waals surface area contributed by atoms with Crippen LogP contribution in [-0.4, -0.2) is 69.5 Å². The molecular formula is C28H33ClF3N5O3. The smallest absolute Gasteiger partial charge is 0.351 e. The Morgan fingerprint density at radius 2 is 1.85 bits per heavy atom. The Hall–Kier alpha value is -3.31. The fourth-order valence-electron chi connectivity index (χ4n) is 5.20. The molecule has 216 valence electrons. The summed E-state index contributed by atoms with van der Waals surface area (Å²) in [5.41, 5.74) is 4.84. The molecule has 0 saturated carbocycles. The molecule has 4 rings (SSSR count). The van der Waals surface area contributed by atoms with E-state index in [9.17, 15) is 27.6 Å². The van der Waals surface area contributed by atoms with Crippen molar-refractivity contribution in [2.24, 2.45) is 11.1 Å². The van der Waals surface area contributed by atoms with E-state index in [2.05, 4.69) is 10.3 Å². The van der Waals surface area contributed by atoms with Gasteiger partial charge in [-0.1, -0.05) is 50.6 Å². The first-order valence-corrected chi connectivity index (χ1v) is 13.2. The van der Waals surface area contributed by atoms with Gasteiger partial charge in [-0.25, -0.2) is 0 Å². The van der Waals surface area contributed by atoms with Gasteiger partial charge in [0.1, 0.15) is 17.4 Å². The third-order valence-electron chi connectivity index (χ3n) is 7.57. The van der Waals surface area contributed by atoms with Crippen molar-refractivity contribution in [3.8, 4) is 0 Å². The number of aromatic nitrogens is 1.